The third kappa shape index (κ3) is 2.04. The van der Waals surface area contributed by atoms with Crippen molar-refractivity contribution >= 4 is 27.2 Å². The van der Waals surface area contributed by atoms with Crippen molar-refractivity contribution in [2.75, 3.05) is 0 Å². The SMILES string of the molecule is Cc1cc(C)c(C(=O)c2csc3ccccc23)c(F)c1. The van der Waals surface area contributed by atoms with Gasteiger partial charge in [0.05, 0.1) is 5.56 Å². The molecular weight excluding hydrogens is 271 g/mol. The highest BCUT2D eigenvalue weighted by Gasteiger charge is 2.20. The molecule has 3 heteroatoms. The number of benzene rings is 2. The fourth-order valence-corrected chi connectivity index (χ4v) is 3.43. The number of aryl methyl sites for hydroxylation is 2. The lowest BCUT2D eigenvalue weighted by Crippen LogP contribution is -2.06. The normalized spacial score (nSPS) is 10.9. The molecule has 0 atom stereocenters. The molecule has 0 saturated carbocycles. The summed E-state index contributed by atoms with van der Waals surface area (Å²) in [5, 5.41) is 2.70. The number of hydrogen-bond acceptors (Lipinski definition) is 2. The van der Waals surface area contributed by atoms with Gasteiger partial charge in [0, 0.05) is 21.0 Å². The van der Waals surface area contributed by atoms with E-state index in [4.69, 9.17) is 0 Å². The van der Waals surface area contributed by atoms with Gasteiger partial charge in [0.15, 0.2) is 5.78 Å². The molecule has 1 aromatic heterocycles. The number of carbonyl (C=O) groups excluding carboxylic acids is 1. The Morgan fingerprint density at radius 3 is 2.65 bits per heavy atom. The molecule has 0 amide bonds. The lowest BCUT2D eigenvalue weighted by Gasteiger charge is -2.07. The van der Waals surface area contributed by atoms with Crippen molar-refractivity contribution in [3.8, 4) is 0 Å². The van der Waals surface area contributed by atoms with Gasteiger partial charge in [0.1, 0.15) is 5.82 Å². The Bertz CT molecular complexity index is 794. The topological polar surface area (TPSA) is 17.1 Å². The number of thiophene rings is 1. The predicted molar refractivity (Wildman–Crippen MR) is 81.1 cm³/mol. The van der Waals surface area contributed by atoms with Crippen molar-refractivity contribution in [3.05, 3.63) is 69.8 Å². The maximum absolute atomic E-state index is 14.1. The first-order valence-electron chi connectivity index (χ1n) is 6.35. The summed E-state index contributed by atoms with van der Waals surface area (Å²) in [5.74, 6) is -0.680. The minimum absolute atomic E-state index is 0.180. The number of hydrogen-bond donors (Lipinski definition) is 0. The first-order chi connectivity index (χ1) is 9.58. The lowest BCUT2D eigenvalue weighted by molar-refractivity contribution is 0.103. The molecule has 3 rings (SSSR count). The van der Waals surface area contributed by atoms with Crippen molar-refractivity contribution in [2.45, 2.75) is 13.8 Å². The van der Waals surface area contributed by atoms with Crippen LogP contribution in [-0.4, -0.2) is 5.78 Å². The molecule has 0 aliphatic heterocycles. The molecule has 0 aliphatic carbocycles. The number of rotatable bonds is 2. The van der Waals surface area contributed by atoms with Gasteiger partial charge in [-0.05, 0) is 37.1 Å². The molecule has 0 bridgehead atoms. The molecule has 0 unspecified atom stereocenters. The predicted octanol–water partition coefficient (Wildman–Crippen LogP) is 4.89. The lowest BCUT2D eigenvalue weighted by atomic mass is 9.96. The second-order valence-electron chi connectivity index (χ2n) is 4.91. The number of halogens is 1. The largest absolute Gasteiger partial charge is 0.288 e. The highest BCUT2D eigenvalue weighted by molar-refractivity contribution is 7.17. The van der Waals surface area contributed by atoms with E-state index in [1.54, 1.807) is 6.92 Å². The standard InChI is InChI=1S/C17H13FOS/c1-10-7-11(2)16(14(18)8-10)17(19)13-9-20-15-6-4-3-5-12(13)15/h3-9H,1-2H3. The second-order valence-corrected chi connectivity index (χ2v) is 5.82. The zero-order valence-corrected chi connectivity index (χ0v) is 12.1. The molecule has 0 N–H and O–H groups in total. The van der Waals surface area contributed by atoms with Crippen LogP contribution in [0.3, 0.4) is 0 Å². The summed E-state index contributed by atoms with van der Waals surface area (Å²) >= 11 is 1.51. The Morgan fingerprint density at radius 2 is 1.90 bits per heavy atom. The van der Waals surface area contributed by atoms with Crippen LogP contribution in [0.15, 0.2) is 41.8 Å². The Kier molecular flexibility index (Phi) is 3.14. The molecule has 0 saturated heterocycles. The van der Waals surface area contributed by atoms with Crippen LogP contribution in [0.5, 0.6) is 0 Å². The number of ketones is 1. The molecule has 1 nitrogen and oxygen atoms in total. The van der Waals surface area contributed by atoms with Crippen LogP contribution >= 0.6 is 11.3 Å². The van der Waals surface area contributed by atoms with Crippen molar-refractivity contribution in [1.82, 2.24) is 0 Å². The van der Waals surface area contributed by atoms with Crippen LogP contribution in [-0.2, 0) is 0 Å². The summed E-state index contributed by atoms with van der Waals surface area (Å²) in [4.78, 5) is 12.6. The van der Waals surface area contributed by atoms with E-state index in [0.717, 1.165) is 15.6 Å². The molecule has 100 valence electrons. The van der Waals surface area contributed by atoms with Gasteiger partial charge in [0.25, 0.3) is 0 Å². The van der Waals surface area contributed by atoms with Crippen LogP contribution in [0.2, 0.25) is 0 Å². The highest BCUT2D eigenvalue weighted by Crippen LogP contribution is 2.29. The van der Waals surface area contributed by atoms with E-state index in [9.17, 15) is 9.18 Å². The first-order valence-corrected chi connectivity index (χ1v) is 7.23. The third-order valence-corrected chi connectivity index (χ3v) is 4.35. The van der Waals surface area contributed by atoms with Crippen LogP contribution in [0.1, 0.15) is 27.0 Å². The monoisotopic (exact) mass is 284 g/mol. The van der Waals surface area contributed by atoms with Gasteiger partial charge < -0.3 is 0 Å². The van der Waals surface area contributed by atoms with Crippen molar-refractivity contribution in [2.24, 2.45) is 0 Å². The van der Waals surface area contributed by atoms with Gasteiger partial charge in [0.2, 0.25) is 0 Å². The Balaban J connectivity index is 2.19. The molecule has 3 aromatic rings. The van der Waals surface area contributed by atoms with Gasteiger partial charge in [-0.3, -0.25) is 4.79 Å². The fraction of sp³-hybridized carbons (Fsp3) is 0.118. The van der Waals surface area contributed by atoms with Crippen LogP contribution in [0.4, 0.5) is 4.39 Å². The van der Waals surface area contributed by atoms with E-state index in [1.807, 2.05) is 42.6 Å². The van der Waals surface area contributed by atoms with Crippen molar-refractivity contribution < 1.29 is 9.18 Å². The van der Waals surface area contributed by atoms with Crippen LogP contribution in [0, 0.1) is 19.7 Å². The highest BCUT2D eigenvalue weighted by atomic mass is 32.1. The van der Waals surface area contributed by atoms with Crippen LogP contribution in [0.25, 0.3) is 10.1 Å². The number of carbonyl (C=O) groups is 1. The Hall–Kier alpha value is -2.00. The molecular formula is C17H13FOS. The van der Waals surface area contributed by atoms with E-state index in [1.165, 1.54) is 17.4 Å². The molecule has 0 aliphatic rings. The van der Waals surface area contributed by atoms with Crippen molar-refractivity contribution in [1.29, 1.82) is 0 Å². The average Bonchev–Trinajstić information content (AvgIpc) is 2.81. The summed E-state index contributed by atoms with van der Waals surface area (Å²) < 4.78 is 15.2. The minimum Gasteiger partial charge on any atom is -0.288 e. The summed E-state index contributed by atoms with van der Waals surface area (Å²) in [5.41, 5.74) is 2.27. The fourth-order valence-electron chi connectivity index (χ4n) is 2.49. The van der Waals surface area contributed by atoms with E-state index in [-0.39, 0.29) is 11.3 Å². The quantitative estimate of drug-likeness (QED) is 0.612. The Labute approximate surface area is 120 Å². The van der Waals surface area contributed by atoms with Gasteiger partial charge in [-0.25, -0.2) is 4.39 Å². The Morgan fingerprint density at radius 1 is 1.15 bits per heavy atom. The van der Waals surface area contributed by atoms with Gasteiger partial charge in [-0.2, -0.15) is 0 Å². The summed E-state index contributed by atoms with van der Waals surface area (Å²) in [6.45, 7) is 3.60. The van der Waals surface area contributed by atoms with E-state index < -0.39 is 5.82 Å². The van der Waals surface area contributed by atoms with Crippen molar-refractivity contribution in [3.63, 3.8) is 0 Å². The van der Waals surface area contributed by atoms with Gasteiger partial charge in [-0.1, -0.05) is 24.3 Å². The summed E-state index contributed by atoms with van der Waals surface area (Å²) in [6.07, 6.45) is 0. The molecule has 0 spiro atoms. The van der Waals surface area contributed by atoms with Crippen LogP contribution < -0.4 is 0 Å². The molecule has 0 radical (unpaired) electrons. The average molecular weight is 284 g/mol. The van der Waals surface area contributed by atoms with Gasteiger partial charge >= 0.3 is 0 Å². The van der Waals surface area contributed by atoms with E-state index in [2.05, 4.69) is 0 Å². The van der Waals surface area contributed by atoms with E-state index in [0.29, 0.717) is 11.1 Å². The maximum Gasteiger partial charge on any atom is 0.197 e. The second kappa shape index (κ2) is 4.84. The van der Waals surface area contributed by atoms with E-state index >= 15 is 0 Å². The zero-order valence-electron chi connectivity index (χ0n) is 11.2. The maximum atomic E-state index is 14.1. The molecule has 1 heterocycles. The number of fused-ring (bicyclic) bond motifs is 1. The molecule has 0 fully saturated rings. The van der Waals surface area contributed by atoms with Gasteiger partial charge in [-0.15, -0.1) is 11.3 Å². The minimum atomic E-state index is -0.442. The molecule has 20 heavy (non-hydrogen) atoms. The summed E-state index contributed by atoms with van der Waals surface area (Å²) in [6, 6.07) is 10.9. The third-order valence-electron chi connectivity index (χ3n) is 3.38. The smallest absolute Gasteiger partial charge is 0.197 e. The first kappa shape index (κ1) is 13.0. The summed E-state index contributed by atoms with van der Waals surface area (Å²) in [7, 11) is 0. The molecule has 2 aromatic carbocycles. The zero-order chi connectivity index (χ0) is 14.3.